The summed E-state index contributed by atoms with van der Waals surface area (Å²) < 4.78 is 25.6. The summed E-state index contributed by atoms with van der Waals surface area (Å²) in [6, 6.07) is 7.28. The standard InChI is InChI=1S/C12H18N2O2S/c1-9-7-14(17(15,16)8-9)12-6-4-3-5-11(12)10(2)13/h3-6,9-10H,7-8,13H2,1-2H3. The van der Waals surface area contributed by atoms with E-state index in [-0.39, 0.29) is 17.7 Å². The lowest BCUT2D eigenvalue weighted by molar-refractivity contribution is 0.597. The van der Waals surface area contributed by atoms with Gasteiger partial charge in [-0.3, -0.25) is 4.31 Å². The molecule has 17 heavy (non-hydrogen) atoms. The number of hydrogen-bond acceptors (Lipinski definition) is 3. The van der Waals surface area contributed by atoms with Gasteiger partial charge in [0, 0.05) is 12.6 Å². The molecule has 1 fully saturated rings. The molecule has 0 amide bonds. The lowest BCUT2D eigenvalue weighted by atomic mass is 10.1. The van der Waals surface area contributed by atoms with Gasteiger partial charge in [-0.15, -0.1) is 0 Å². The second-order valence-electron chi connectivity index (χ2n) is 4.76. The van der Waals surface area contributed by atoms with Gasteiger partial charge in [-0.2, -0.15) is 0 Å². The first kappa shape index (κ1) is 12.4. The van der Waals surface area contributed by atoms with Crippen molar-refractivity contribution in [2.24, 2.45) is 11.7 Å². The SMILES string of the molecule is CC1CN(c2ccccc2C(C)N)S(=O)(=O)C1. The van der Waals surface area contributed by atoms with E-state index in [1.165, 1.54) is 4.31 Å². The Kier molecular flexibility index (Phi) is 3.14. The second-order valence-corrected chi connectivity index (χ2v) is 6.70. The number of para-hydroxylation sites is 1. The normalized spacial score (nSPS) is 24.9. The van der Waals surface area contributed by atoms with E-state index in [9.17, 15) is 8.42 Å². The van der Waals surface area contributed by atoms with E-state index < -0.39 is 10.0 Å². The summed E-state index contributed by atoms with van der Waals surface area (Å²) in [5.74, 6) is 0.390. The van der Waals surface area contributed by atoms with Gasteiger partial charge in [0.05, 0.1) is 11.4 Å². The van der Waals surface area contributed by atoms with Crippen molar-refractivity contribution in [3.63, 3.8) is 0 Å². The Hall–Kier alpha value is -1.07. The van der Waals surface area contributed by atoms with E-state index in [2.05, 4.69) is 0 Å². The third-order valence-electron chi connectivity index (χ3n) is 3.00. The lowest BCUT2D eigenvalue weighted by Gasteiger charge is -2.22. The first-order valence-corrected chi connectivity index (χ1v) is 7.37. The molecule has 0 spiro atoms. The number of hydrogen-bond donors (Lipinski definition) is 1. The largest absolute Gasteiger partial charge is 0.324 e. The van der Waals surface area contributed by atoms with Gasteiger partial charge in [-0.25, -0.2) is 8.42 Å². The first-order valence-electron chi connectivity index (χ1n) is 5.76. The van der Waals surface area contributed by atoms with Gasteiger partial charge in [0.25, 0.3) is 0 Å². The van der Waals surface area contributed by atoms with Crippen LogP contribution >= 0.6 is 0 Å². The molecule has 0 saturated carbocycles. The Bertz CT molecular complexity index is 511. The van der Waals surface area contributed by atoms with Gasteiger partial charge >= 0.3 is 0 Å². The average Bonchev–Trinajstić information content (AvgIpc) is 2.51. The van der Waals surface area contributed by atoms with E-state index in [4.69, 9.17) is 5.73 Å². The predicted molar refractivity (Wildman–Crippen MR) is 69.3 cm³/mol. The van der Waals surface area contributed by atoms with E-state index >= 15 is 0 Å². The Balaban J connectivity index is 2.48. The second kappa shape index (κ2) is 4.31. The van der Waals surface area contributed by atoms with Gasteiger partial charge < -0.3 is 5.73 Å². The van der Waals surface area contributed by atoms with Gasteiger partial charge in [0.1, 0.15) is 0 Å². The van der Waals surface area contributed by atoms with Crippen LogP contribution in [0.3, 0.4) is 0 Å². The van der Waals surface area contributed by atoms with Crippen molar-refractivity contribution in [1.29, 1.82) is 0 Å². The summed E-state index contributed by atoms with van der Waals surface area (Å²) in [5, 5.41) is 0. The van der Waals surface area contributed by atoms with Crippen molar-refractivity contribution >= 4 is 15.7 Å². The van der Waals surface area contributed by atoms with Crippen LogP contribution in [0, 0.1) is 5.92 Å². The minimum absolute atomic E-state index is 0.168. The maximum absolute atomic E-state index is 12.0. The fourth-order valence-electron chi connectivity index (χ4n) is 2.25. The van der Waals surface area contributed by atoms with Gasteiger partial charge in [0.15, 0.2) is 0 Å². The van der Waals surface area contributed by atoms with Crippen molar-refractivity contribution in [3.8, 4) is 0 Å². The van der Waals surface area contributed by atoms with Crippen LogP contribution in [-0.2, 0) is 10.0 Å². The highest BCUT2D eigenvalue weighted by Gasteiger charge is 2.34. The van der Waals surface area contributed by atoms with Crippen LogP contribution in [0.1, 0.15) is 25.5 Å². The first-order chi connectivity index (χ1) is 7.92. The molecule has 5 heteroatoms. The summed E-state index contributed by atoms with van der Waals surface area (Å²) in [6.45, 7) is 4.36. The smallest absolute Gasteiger partial charge is 0.235 e. The molecule has 1 saturated heterocycles. The quantitative estimate of drug-likeness (QED) is 0.869. The maximum Gasteiger partial charge on any atom is 0.235 e. The summed E-state index contributed by atoms with van der Waals surface area (Å²) in [7, 11) is -3.17. The van der Waals surface area contributed by atoms with Gasteiger partial charge in [-0.1, -0.05) is 25.1 Å². The van der Waals surface area contributed by atoms with Crippen LogP contribution in [0.2, 0.25) is 0 Å². The molecule has 2 N–H and O–H groups in total. The number of benzene rings is 1. The highest BCUT2D eigenvalue weighted by Crippen LogP contribution is 2.31. The molecule has 2 unspecified atom stereocenters. The van der Waals surface area contributed by atoms with Gasteiger partial charge in [0.2, 0.25) is 10.0 Å². The molecule has 2 atom stereocenters. The number of rotatable bonds is 2. The molecule has 4 nitrogen and oxygen atoms in total. The van der Waals surface area contributed by atoms with Crippen LogP contribution in [0.15, 0.2) is 24.3 Å². The highest BCUT2D eigenvalue weighted by molar-refractivity contribution is 7.93. The minimum atomic E-state index is -3.17. The molecule has 0 bridgehead atoms. The molecule has 1 aromatic rings. The number of sulfonamides is 1. The Morgan fingerprint density at radius 1 is 1.41 bits per heavy atom. The molecular formula is C12H18N2O2S. The molecular weight excluding hydrogens is 236 g/mol. The zero-order valence-corrected chi connectivity index (χ0v) is 10.9. The lowest BCUT2D eigenvalue weighted by Crippen LogP contribution is -2.27. The molecule has 1 aliphatic rings. The third-order valence-corrected chi connectivity index (χ3v) is 5.01. The minimum Gasteiger partial charge on any atom is -0.324 e. The molecule has 94 valence electrons. The van der Waals surface area contributed by atoms with Crippen LogP contribution in [0.4, 0.5) is 5.69 Å². The number of nitrogens with two attached hydrogens (primary N) is 1. The zero-order valence-electron chi connectivity index (χ0n) is 10.1. The fraction of sp³-hybridized carbons (Fsp3) is 0.500. The molecule has 1 heterocycles. The Morgan fingerprint density at radius 3 is 2.59 bits per heavy atom. The van der Waals surface area contributed by atoms with Crippen molar-refractivity contribution in [3.05, 3.63) is 29.8 Å². The van der Waals surface area contributed by atoms with Crippen molar-refractivity contribution in [2.75, 3.05) is 16.6 Å². The summed E-state index contributed by atoms with van der Waals surface area (Å²) in [5.41, 5.74) is 7.49. The Morgan fingerprint density at radius 2 is 2.06 bits per heavy atom. The molecule has 1 aliphatic heterocycles. The topological polar surface area (TPSA) is 63.4 Å². The Labute approximate surface area is 102 Å². The summed E-state index contributed by atoms with van der Waals surface area (Å²) in [6.07, 6.45) is 0. The average molecular weight is 254 g/mol. The molecule has 2 rings (SSSR count). The van der Waals surface area contributed by atoms with E-state index in [1.54, 1.807) is 0 Å². The third kappa shape index (κ3) is 2.30. The van der Waals surface area contributed by atoms with Crippen molar-refractivity contribution in [2.45, 2.75) is 19.9 Å². The van der Waals surface area contributed by atoms with Crippen molar-refractivity contribution in [1.82, 2.24) is 0 Å². The molecule has 0 radical (unpaired) electrons. The molecule has 0 aromatic heterocycles. The zero-order chi connectivity index (χ0) is 12.6. The summed E-state index contributed by atoms with van der Waals surface area (Å²) >= 11 is 0. The van der Waals surface area contributed by atoms with Crippen LogP contribution in [-0.4, -0.2) is 20.7 Å². The van der Waals surface area contributed by atoms with Crippen LogP contribution < -0.4 is 10.0 Å². The van der Waals surface area contributed by atoms with Crippen LogP contribution in [0.5, 0.6) is 0 Å². The van der Waals surface area contributed by atoms with Gasteiger partial charge in [-0.05, 0) is 24.5 Å². The fourth-order valence-corrected chi connectivity index (χ4v) is 4.20. The summed E-state index contributed by atoms with van der Waals surface area (Å²) in [4.78, 5) is 0. The van der Waals surface area contributed by atoms with Crippen molar-refractivity contribution < 1.29 is 8.42 Å². The highest BCUT2D eigenvalue weighted by atomic mass is 32.2. The number of anilines is 1. The van der Waals surface area contributed by atoms with Crippen LogP contribution in [0.25, 0.3) is 0 Å². The van der Waals surface area contributed by atoms with E-state index in [0.717, 1.165) is 11.3 Å². The van der Waals surface area contributed by atoms with E-state index in [0.29, 0.717) is 6.54 Å². The maximum atomic E-state index is 12.0. The molecule has 1 aromatic carbocycles. The monoisotopic (exact) mass is 254 g/mol. The van der Waals surface area contributed by atoms with E-state index in [1.807, 2.05) is 38.1 Å². The predicted octanol–water partition coefficient (Wildman–Crippen LogP) is 1.49. The number of nitrogens with zero attached hydrogens (tertiary/aromatic N) is 1. The molecule has 0 aliphatic carbocycles.